The maximum absolute atomic E-state index is 5.60. The molecule has 0 aliphatic heterocycles. The minimum atomic E-state index is 0.151. The van der Waals surface area contributed by atoms with E-state index in [1.165, 1.54) is 16.3 Å². The van der Waals surface area contributed by atoms with E-state index in [0.717, 1.165) is 5.56 Å². The predicted molar refractivity (Wildman–Crippen MR) is 86.7 cm³/mol. The highest BCUT2D eigenvalue weighted by Crippen LogP contribution is 2.20. The summed E-state index contributed by atoms with van der Waals surface area (Å²) in [6.07, 6.45) is 0. The fraction of sp³-hybridized carbons (Fsp3) is 0.158. The summed E-state index contributed by atoms with van der Waals surface area (Å²) in [6, 6.07) is 25.2. The van der Waals surface area contributed by atoms with Gasteiger partial charge < -0.3 is 0 Å². The quantitative estimate of drug-likeness (QED) is 0.687. The molecule has 1 atom stereocenters. The first-order valence-electron chi connectivity index (χ1n) is 7.23. The third-order valence-electron chi connectivity index (χ3n) is 3.62. The van der Waals surface area contributed by atoms with Crippen LogP contribution < -0.4 is 5.48 Å². The summed E-state index contributed by atoms with van der Waals surface area (Å²) in [6.45, 7) is 2.67. The first-order chi connectivity index (χ1) is 10.3. The van der Waals surface area contributed by atoms with Gasteiger partial charge in [-0.05, 0) is 34.9 Å². The van der Waals surface area contributed by atoms with Crippen molar-refractivity contribution >= 4 is 10.8 Å². The molecule has 3 rings (SSSR count). The molecule has 0 saturated heterocycles. The van der Waals surface area contributed by atoms with Crippen molar-refractivity contribution in [3.05, 3.63) is 83.9 Å². The third-order valence-corrected chi connectivity index (χ3v) is 3.62. The molecule has 0 bridgehead atoms. The minimum absolute atomic E-state index is 0.151. The van der Waals surface area contributed by atoms with Crippen molar-refractivity contribution in [3.63, 3.8) is 0 Å². The van der Waals surface area contributed by atoms with E-state index in [9.17, 15) is 0 Å². The number of hydroxylamine groups is 1. The molecule has 0 radical (unpaired) electrons. The van der Waals surface area contributed by atoms with Gasteiger partial charge in [0, 0.05) is 0 Å². The van der Waals surface area contributed by atoms with Crippen LogP contribution in [0.1, 0.15) is 24.1 Å². The topological polar surface area (TPSA) is 21.3 Å². The summed E-state index contributed by atoms with van der Waals surface area (Å²) in [5.74, 6) is 0. The van der Waals surface area contributed by atoms with Gasteiger partial charge in [0.2, 0.25) is 0 Å². The van der Waals surface area contributed by atoms with Crippen molar-refractivity contribution in [1.82, 2.24) is 5.48 Å². The molecule has 1 N–H and O–H groups in total. The van der Waals surface area contributed by atoms with Gasteiger partial charge in [0.05, 0.1) is 12.6 Å². The highest BCUT2D eigenvalue weighted by atomic mass is 16.6. The smallest absolute Gasteiger partial charge is 0.0933 e. The molecule has 0 aromatic heterocycles. The lowest BCUT2D eigenvalue weighted by molar-refractivity contribution is 0.00701. The van der Waals surface area contributed by atoms with Crippen LogP contribution in [0.4, 0.5) is 0 Å². The molecule has 106 valence electrons. The number of rotatable bonds is 5. The molecule has 2 heteroatoms. The number of benzene rings is 3. The fourth-order valence-corrected chi connectivity index (χ4v) is 2.37. The summed E-state index contributed by atoms with van der Waals surface area (Å²) in [7, 11) is 0. The van der Waals surface area contributed by atoms with E-state index in [0.29, 0.717) is 6.61 Å². The number of fused-ring (bicyclic) bond motifs is 1. The van der Waals surface area contributed by atoms with E-state index < -0.39 is 0 Å². The molecule has 0 heterocycles. The zero-order valence-electron chi connectivity index (χ0n) is 12.1. The molecule has 2 nitrogen and oxygen atoms in total. The SMILES string of the molecule is CC(NOCc1ccccc1)c1ccc2ccccc2c1. The van der Waals surface area contributed by atoms with Gasteiger partial charge in [-0.25, -0.2) is 0 Å². The zero-order valence-corrected chi connectivity index (χ0v) is 12.1. The Bertz CT molecular complexity index is 709. The molecule has 0 amide bonds. The van der Waals surface area contributed by atoms with Crippen LogP contribution >= 0.6 is 0 Å². The average molecular weight is 277 g/mol. The van der Waals surface area contributed by atoms with E-state index >= 15 is 0 Å². The Morgan fingerprint density at radius 2 is 1.57 bits per heavy atom. The van der Waals surface area contributed by atoms with E-state index in [4.69, 9.17) is 4.84 Å². The lowest BCUT2D eigenvalue weighted by atomic mass is 10.0. The van der Waals surface area contributed by atoms with Gasteiger partial charge in [0.25, 0.3) is 0 Å². The van der Waals surface area contributed by atoms with Crippen LogP contribution in [0, 0.1) is 0 Å². The van der Waals surface area contributed by atoms with E-state index in [-0.39, 0.29) is 6.04 Å². The van der Waals surface area contributed by atoms with Crippen LogP contribution in [0.5, 0.6) is 0 Å². The maximum Gasteiger partial charge on any atom is 0.0933 e. The van der Waals surface area contributed by atoms with Crippen LogP contribution in [0.3, 0.4) is 0 Å². The van der Waals surface area contributed by atoms with Crippen molar-refractivity contribution in [2.24, 2.45) is 0 Å². The van der Waals surface area contributed by atoms with Crippen molar-refractivity contribution < 1.29 is 4.84 Å². The Labute approximate surface area is 125 Å². The Kier molecular flexibility index (Phi) is 4.29. The van der Waals surface area contributed by atoms with Crippen LogP contribution in [-0.4, -0.2) is 0 Å². The number of hydrogen-bond donors (Lipinski definition) is 1. The Morgan fingerprint density at radius 3 is 2.38 bits per heavy atom. The van der Waals surface area contributed by atoms with E-state index in [1.54, 1.807) is 0 Å². The van der Waals surface area contributed by atoms with Gasteiger partial charge in [-0.3, -0.25) is 4.84 Å². The first kappa shape index (κ1) is 13.8. The second-order valence-corrected chi connectivity index (χ2v) is 5.22. The standard InChI is InChI=1S/C19H19NO/c1-15(20-21-14-16-7-3-2-4-8-16)18-12-11-17-9-5-6-10-19(17)13-18/h2-13,15,20H,14H2,1H3. The van der Waals surface area contributed by atoms with Crippen molar-refractivity contribution in [3.8, 4) is 0 Å². The molecule has 0 aliphatic rings. The molecule has 0 saturated carbocycles. The Balaban J connectivity index is 1.62. The Hall–Kier alpha value is -2.16. The van der Waals surface area contributed by atoms with Crippen LogP contribution in [0.2, 0.25) is 0 Å². The molecular weight excluding hydrogens is 258 g/mol. The normalized spacial score (nSPS) is 12.4. The predicted octanol–water partition coefficient (Wildman–Crippen LogP) is 4.62. The summed E-state index contributed by atoms with van der Waals surface area (Å²) >= 11 is 0. The lowest BCUT2D eigenvalue weighted by Crippen LogP contribution is -2.18. The molecule has 0 fully saturated rings. The fourth-order valence-electron chi connectivity index (χ4n) is 2.37. The zero-order chi connectivity index (χ0) is 14.5. The molecule has 3 aromatic rings. The van der Waals surface area contributed by atoms with Gasteiger partial charge >= 0.3 is 0 Å². The van der Waals surface area contributed by atoms with Gasteiger partial charge in [-0.2, -0.15) is 5.48 Å². The van der Waals surface area contributed by atoms with Crippen molar-refractivity contribution in [2.45, 2.75) is 19.6 Å². The van der Waals surface area contributed by atoms with Crippen molar-refractivity contribution in [1.29, 1.82) is 0 Å². The molecule has 21 heavy (non-hydrogen) atoms. The summed E-state index contributed by atoms with van der Waals surface area (Å²) < 4.78 is 0. The minimum Gasteiger partial charge on any atom is -0.296 e. The van der Waals surface area contributed by atoms with Crippen LogP contribution in [-0.2, 0) is 11.4 Å². The van der Waals surface area contributed by atoms with Gasteiger partial charge in [-0.1, -0.05) is 66.7 Å². The monoisotopic (exact) mass is 277 g/mol. The van der Waals surface area contributed by atoms with E-state index in [1.807, 2.05) is 18.2 Å². The van der Waals surface area contributed by atoms with Gasteiger partial charge in [0.15, 0.2) is 0 Å². The molecule has 3 aromatic carbocycles. The summed E-state index contributed by atoms with van der Waals surface area (Å²) in [4.78, 5) is 5.60. The van der Waals surface area contributed by atoms with Crippen molar-refractivity contribution in [2.75, 3.05) is 0 Å². The molecule has 0 aliphatic carbocycles. The Morgan fingerprint density at radius 1 is 0.857 bits per heavy atom. The van der Waals surface area contributed by atoms with Gasteiger partial charge in [0.1, 0.15) is 0 Å². The number of hydrogen-bond acceptors (Lipinski definition) is 2. The highest BCUT2D eigenvalue weighted by Gasteiger charge is 2.06. The summed E-state index contributed by atoms with van der Waals surface area (Å²) in [5.41, 5.74) is 5.50. The second kappa shape index (κ2) is 6.53. The van der Waals surface area contributed by atoms with Gasteiger partial charge in [-0.15, -0.1) is 0 Å². The van der Waals surface area contributed by atoms with Crippen LogP contribution in [0.25, 0.3) is 10.8 Å². The maximum atomic E-state index is 5.60. The highest BCUT2D eigenvalue weighted by molar-refractivity contribution is 5.83. The van der Waals surface area contributed by atoms with Crippen LogP contribution in [0.15, 0.2) is 72.8 Å². The average Bonchev–Trinajstić information content (AvgIpc) is 2.55. The summed E-state index contributed by atoms with van der Waals surface area (Å²) in [5, 5.41) is 2.52. The second-order valence-electron chi connectivity index (χ2n) is 5.22. The third kappa shape index (κ3) is 3.48. The lowest BCUT2D eigenvalue weighted by Gasteiger charge is -2.15. The number of nitrogens with one attached hydrogen (secondary N) is 1. The molecule has 0 spiro atoms. The first-order valence-corrected chi connectivity index (χ1v) is 7.23. The largest absolute Gasteiger partial charge is 0.296 e. The molecular formula is C19H19NO. The molecule has 1 unspecified atom stereocenters. The van der Waals surface area contributed by atoms with E-state index in [2.05, 4.69) is 67.0 Å².